The highest BCUT2D eigenvalue weighted by Gasteiger charge is 2.56. The van der Waals surface area contributed by atoms with E-state index < -0.39 is 0 Å². The molecule has 0 aromatic heterocycles. The predicted molar refractivity (Wildman–Crippen MR) is 55.4 cm³/mol. The van der Waals surface area contributed by atoms with Crippen LogP contribution in [-0.4, -0.2) is 0 Å². The summed E-state index contributed by atoms with van der Waals surface area (Å²) in [5.41, 5.74) is 0.583. The summed E-state index contributed by atoms with van der Waals surface area (Å²) in [5.74, 6) is 5.60. The molecular weight excluding hydrogens is 156 g/mol. The minimum absolute atomic E-state index is 0.583. The van der Waals surface area contributed by atoms with Crippen LogP contribution in [0.4, 0.5) is 0 Å². The summed E-state index contributed by atoms with van der Waals surface area (Å²) < 4.78 is 0. The maximum Gasteiger partial charge on any atom is -0.0306 e. The van der Waals surface area contributed by atoms with Gasteiger partial charge < -0.3 is 0 Å². The van der Waals surface area contributed by atoms with Crippen LogP contribution in [0.1, 0.15) is 46.5 Å². The second-order valence-electron chi connectivity index (χ2n) is 6.88. The lowest BCUT2D eigenvalue weighted by molar-refractivity contribution is 0.0871. The number of hydrogen-bond donors (Lipinski definition) is 0. The van der Waals surface area contributed by atoms with Gasteiger partial charge in [0.1, 0.15) is 0 Å². The van der Waals surface area contributed by atoms with Crippen LogP contribution in [0.15, 0.2) is 0 Å². The highest BCUT2D eigenvalue weighted by atomic mass is 14.6. The highest BCUT2D eigenvalue weighted by molar-refractivity contribution is 5.05. The lowest BCUT2D eigenvalue weighted by Crippen LogP contribution is -2.33. The van der Waals surface area contributed by atoms with E-state index in [0.717, 1.165) is 29.6 Å². The SMILES string of the molecule is CC(C)(C)C1C2CC3CC(C2)C1C3. The monoisotopic (exact) mass is 178 g/mol. The normalized spacial score (nSPS) is 53.3. The van der Waals surface area contributed by atoms with Crippen molar-refractivity contribution in [2.24, 2.45) is 35.0 Å². The molecule has 4 fully saturated rings. The van der Waals surface area contributed by atoms with E-state index in [2.05, 4.69) is 20.8 Å². The predicted octanol–water partition coefficient (Wildman–Crippen LogP) is 3.71. The van der Waals surface area contributed by atoms with Gasteiger partial charge in [-0.1, -0.05) is 20.8 Å². The molecule has 4 saturated carbocycles. The second kappa shape index (κ2) is 2.32. The van der Waals surface area contributed by atoms with Crippen LogP contribution in [0, 0.1) is 35.0 Å². The minimum atomic E-state index is 0.583. The van der Waals surface area contributed by atoms with Crippen LogP contribution in [0.5, 0.6) is 0 Å². The van der Waals surface area contributed by atoms with Crippen molar-refractivity contribution in [3.63, 3.8) is 0 Å². The van der Waals surface area contributed by atoms with Crippen molar-refractivity contribution in [3.05, 3.63) is 0 Å². The van der Waals surface area contributed by atoms with Gasteiger partial charge in [0, 0.05) is 0 Å². The number of rotatable bonds is 0. The van der Waals surface area contributed by atoms with Gasteiger partial charge in [-0.15, -0.1) is 0 Å². The van der Waals surface area contributed by atoms with Crippen LogP contribution in [0.2, 0.25) is 0 Å². The molecule has 0 nitrogen and oxygen atoms in total. The summed E-state index contributed by atoms with van der Waals surface area (Å²) in [6, 6.07) is 0. The zero-order chi connectivity index (χ0) is 9.22. The van der Waals surface area contributed by atoms with Gasteiger partial charge in [0.05, 0.1) is 0 Å². The van der Waals surface area contributed by atoms with E-state index in [0.29, 0.717) is 5.41 Å². The molecule has 0 saturated heterocycles. The Hall–Kier alpha value is 0. The van der Waals surface area contributed by atoms with Gasteiger partial charge in [-0.05, 0) is 60.7 Å². The average Bonchev–Trinajstić information content (AvgIpc) is 2.36. The Morgan fingerprint density at radius 2 is 1.54 bits per heavy atom. The zero-order valence-electron chi connectivity index (χ0n) is 9.22. The van der Waals surface area contributed by atoms with Gasteiger partial charge in [0.2, 0.25) is 0 Å². The van der Waals surface area contributed by atoms with E-state index in [4.69, 9.17) is 0 Å². The first-order valence-corrected chi connectivity index (χ1v) is 6.05. The molecule has 0 heterocycles. The van der Waals surface area contributed by atoms with Gasteiger partial charge >= 0.3 is 0 Å². The maximum absolute atomic E-state index is 2.46. The molecule has 4 aliphatic carbocycles. The van der Waals surface area contributed by atoms with Crippen LogP contribution >= 0.6 is 0 Å². The Morgan fingerprint density at radius 1 is 0.846 bits per heavy atom. The third-order valence-electron chi connectivity index (χ3n) is 5.06. The van der Waals surface area contributed by atoms with E-state index in [1.807, 2.05) is 0 Å². The van der Waals surface area contributed by atoms with Gasteiger partial charge in [0.15, 0.2) is 0 Å². The summed E-state index contributed by atoms with van der Waals surface area (Å²) in [6.07, 6.45) is 6.34. The molecule has 13 heavy (non-hydrogen) atoms. The smallest absolute Gasteiger partial charge is 0.0306 e. The third kappa shape index (κ3) is 1.04. The fraction of sp³-hybridized carbons (Fsp3) is 1.00. The third-order valence-corrected chi connectivity index (χ3v) is 5.06. The quantitative estimate of drug-likeness (QED) is 0.530. The molecule has 0 aliphatic heterocycles. The molecule has 5 atom stereocenters. The van der Waals surface area contributed by atoms with Crippen LogP contribution in [-0.2, 0) is 0 Å². The maximum atomic E-state index is 2.46. The molecule has 5 unspecified atom stereocenters. The van der Waals surface area contributed by atoms with Crippen molar-refractivity contribution >= 4 is 0 Å². The molecular formula is C13H22. The lowest BCUT2D eigenvalue weighted by atomic mass is 9.65. The summed E-state index contributed by atoms with van der Waals surface area (Å²) in [6.45, 7) is 7.39. The minimum Gasteiger partial charge on any atom is -0.0599 e. The first kappa shape index (κ1) is 8.32. The van der Waals surface area contributed by atoms with Crippen molar-refractivity contribution in [2.45, 2.75) is 46.5 Å². The van der Waals surface area contributed by atoms with E-state index in [1.54, 1.807) is 25.7 Å². The van der Waals surface area contributed by atoms with Gasteiger partial charge in [0.25, 0.3) is 0 Å². The molecule has 0 aromatic rings. The van der Waals surface area contributed by atoms with E-state index in [9.17, 15) is 0 Å². The van der Waals surface area contributed by atoms with Crippen LogP contribution in [0.25, 0.3) is 0 Å². The standard InChI is InChI=1S/C13H22/c1-13(2,3)12-10-5-8-4-9(7-10)11(12)6-8/h8-12H,4-7H2,1-3H3. The van der Waals surface area contributed by atoms with E-state index in [1.165, 1.54) is 0 Å². The Bertz CT molecular complexity index is 219. The summed E-state index contributed by atoms with van der Waals surface area (Å²) in [5, 5.41) is 0. The average molecular weight is 178 g/mol. The van der Waals surface area contributed by atoms with Crippen molar-refractivity contribution in [3.8, 4) is 0 Å². The molecule has 0 radical (unpaired) electrons. The topological polar surface area (TPSA) is 0 Å². The fourth-order valence-corrected chi connectivity index (χ4v) is 5.09. The number of hydrogen-bond acceptors (Lipinski definition) is 0. The molecule has 0 spiro atoms. The fourth-order valence-electron chi connectivity index (χ4n) is 5.09. The van der Waals surface area contributed by atoms with E-state index >= 15 is 0 Å². The van der Waals surface area contributed by atoms with Gasteiger partial charge in [-0.25, -0.2) is 0 Å². The van der Waals surface area contributed by atoms with Gasteiger partial charge in [-0.2, -0.15) is 0 Å². The second-order valence-corrected chi connectivity index (χ2v) is 6.88. The Morgan fingerprint density at radius 3 is 2.15 bits per heavy atom. The Kier molecular flexibility index (Phi) is 1.49. The first-order chi connectivity index (χ1) is 6.05. The van der Waals surface area contributed by atoms with Crippen molar-refractivity contribution < 1.29 is 0 Å². The molecule has 4 rings (SSSR count). The molecule has 0 amide bonds. The molecule has 4 bridgehead atoms. The van der Waals surface area contributed by atoms with Crippen LogP contribution < -0.4 is 0 Å². The Labute approximate surface area is 82.1 Å². The van der Waals surface area contributed by atoms with Gasteiger partial charge in [-0.3, -0.25) is 0 Å². The van der Waals surface area contributed by atoms with E-state index in [-0.39, 0.29) is 0 Å². The molecule has 74 valence electrons. The largest absolute Gasteiger partial charge is 0.0599 e. The first-order valence-electron chi connectivity index (χ1n) is 6.05. The van der Waals surface area contributed by atoms with Crippen molar-refractivity contribution in [1.82, 2.24) is 0 Å². The van der Waals surface area contributed by atoms with Crippen molar-refractivity contribution in [1.29, 1.82) is 0 Å². The van der Waals surface area contributed by atoms with Crippen molar-refractivity contribution in [2.75, 3.05) is 0 Å². The highest BCUT2D eigenvalue weighted by Crippen LogP contribution is 2.64. The van der Waals surface area contributed by atoms with Crippen LogP contribution in [0.3, 0.4) is 0 Å². The lowest BCUT2D eigenvalue weighted by Gasteiger charge is -2.40. The summed E-state index contributed by atoms with van der Waals surface area (Å²) >= 11 is 0. The summed E-state index contributed by atoms with van der Waals surface area (Å²) in [4.78, 5) is 0. The molecule has 0 N–H and O–H groups in total. The molecule has 0 heteroatoms. The summed E-state index contributed by atoms with van der Waals surface area (Å²) in [7, 11) is 0. The molecule has 0 aromatic carbocycles. The zero-order valence-corrected chi connectivity index (χ0v) is 9.22. The Balaban J connectivity index is 1.92. The molecule has 4 aliphatic rings.